The Bertz CT molecular complexity index is 634. The van der Waals surface area contributed by atoms with Crippen molar-refractivity contribution >= 4 is 11.7 Å². The minimum absolute atomic E-state index is 0.150. The molecule has 0 aromatic carbocycles. The van der Waals surface area contributed by atoms with E-state index in [9.17, 15) is 4.79 Å². The Morgan fingerprint density at radius 2 is 1.88 bits per heavy atom. The smallest absolute Gasteiger partial charge is 0.238 e. The Labute approximate surface area is 149 Å². The van der Waals surface area contributed by atoms with Crippen molar-refractivity contribution in [1.29, 1.82) is 0 Å². The Morgan fingerprint density at radius 1 is 1.12 bits per heavy atom. The van der Waals surface area contributed by atoms with Crippen LogP contribution in [0, 0.1) is 0 Å². The number of carbonyl (C=O) groups excluding carboxylic acids is 1. The Hall–Kier alpha value is -1.73. The van der Waals surface area contributed by atoms with Crippen LogP contribution < -0.4 is 16.0 Å². The summed E-state index contributed by atoms with van der Waals surface area (Å²) in [5.74, 6) is 0.909. The van der Waals surface area contributed by atoms with Gasteiger partial charge in [0.15, 0.2) is 0 Å². The Kier molecular flexibility index (Phi) is 4.60. The number of piperidine rings is 2. The summed E-state index contributed by atoms with van der Waals surface area (Å²) in [4.78, 5) is 26.1. The maximum absolute atomic E-state index is 12.4. The molecule has 0 saturated carbocycles. The van der Waals surface area contributed by atoms with Gasteiger partial charge in [-0.2, -0.15) is 0 Å². The van der Waals surface area contributed by atoms with E-state index in [1.807, 2.05) is 0 Å². The molecule has 0 bridgehead atoms. The van der Waals surface area contributed by atoms with Crippen LogP contribution in [0.3, 0.4) is 0 Å². The van der Waals surface area contributed by atoms with Crippen molar-refractivity contribution in [3.63, 3.8) is 0 Å². The summed E-state index contributed by atoms with van der Waals surface area (Å²) in [6.45, 7) is 5.44. The number of nitrogens with one attached hydrogen (secondary N) is 1. The lowest BCUT2D eigenvalue weighted by Crippen LogP contribution is -2.63. The van der Waals surface area contributed by atoms with Gasteiger partial charge in [-0.05, 0) is 51.7 Å². The van der Waals surface area contributed by atoms with Gasteiger partial charge in [0.2, 0.25) is 5.91 Å². The lowest BCUT2D eigenvalue weighted by molar-refractivity contribution is -0.132. The summed E-state index contributed by atoms with van der Waals surface area (Å²) in [7, 11) is 0. The molecule has 3 N–H and O–H groups in total. The molecule has 7 heteroatoms. The number of hydrogen-bond donors (Lipinski definition) is 2. The summed E-state index contributed by atoms with van der Waals surface area (Å²) >= 11 is 0. The number of rotatable bonds is 3. The van der Waals surface area contributed by atoms with Crippen molar-refractivity contribution in [3.8, 4) is 0 Å². The number of primary amides is 1. The van der Waals surface area contributed by atoms with Gasteiger partial charge in [-0.15, -0.1) is 0 Å². The Morgan fingerprint density at radius 3 is 2.60 bits per heavy atom. The van der Waals surface area contributed by atoms with Crippen LogP contribution in [0.25, 0.3) is 0 Å². The van der Waals surface area contributed by atoms with E-state index in [1.165, 1.54) is 24.8 Å². The highest BCUT2D eigenvalue weighted by Gasteiger charge is 2.45. The molecule has 7 nitrogen and oxygen atoms in total. The zero-order chi connectivity index (χ0) is 17.3. The van der Waals surface area contributed by atoms with Crippen LogP contribution in [0.5, 0.6) is 0 Å². The van der Waals surface area contributed by atoms with Crippen LogP contribution >= 0.6 is 0 Å². The fraction of sp³-hybridized carbons (Fsp3) is 0.722. The van der Waals surface area contributed by atoms with Gasteiger partial charge in [-0.1, -0.05) is 6.42 Å². The molecule has 4 rings (SSSR count). The van der Waals surface area contributed by atoms with E-state index in [1.54, 1.807) is 6.33 Å². The average Bonchev–Trinajstić information content (AvgIpc) is 2.68. The van der Waals surface area contributed by atoms with Gasteiger partial charge in [-0.3, -0.25) is 9.69 Å². The van der Waals surface area contributed by atoms with E-state index in [-0.39, 0.29) is 5.91 Å². The summed E-state index contributed by atoms with van der Waals surface area (Å²) in [6, 6.07) is 0. The van der Waals surface area contributed by atoms with Crippen LogP contribution in [0.2, 0.25) is 0 Å². The predicted molar refractivity (Wildman–Crippen MR) is 96.2 cm³/mol. The van der Waals surface area contributed by atoms with Gasteiger partial charge in [-0.25, -0.2) is 9.97 Å². The number of carbonyl (C=O) groups is 1. The maximum Gasteiger partial charge on any atom is 0.238 e. The topological polar surface area (TPSA) is 87.4 Å². The monoisotopic (exact) mass is 344 g/mol. The molecule has 0 unspecified atom stereocenters. The van der Waals surface area contributed by atoms with Crippen molar-refractivity contribution in [3.05, 3.63) is 17.6 Å². The first-order valence-corrected chi connectivity index (χ1v) is 9.54. The van der Waals surface area contributed by atoms with Gasteiger partial charge in [0, 0.05) is 25.2 Å². The highest BCUT2D eigenvalue weighted by atomic mass is 16.1. The lowest BCUT2D eigenvalue weighted by Gasteiger charge is -2.48. The number of amides is 1. The molecule has 4 heterocycles. The van der Waals surface area contributed by atoms with E-state index >= 15 is 0 Å². The zero-order valence-electron chi connectivity index (χ0n) is 14.8. The summed E-state index contributed by atoms with van der Waals surface area (Å²) in [5.41, 5.74) is 7.81. The molecule has 2 fully saturated rings. The molecule has 3 aliphatic rings. The predicted octanol–water partition coefficient (Wildman–Crippen LogP) is 0.433. The molecule has 3 aliphatic heterocycles. The number of nitrogens with two attached hydrogens (primary N) is 1. The van der Waals surface area contributed by atoms with E-state index in [2.05, 4.69) is 25.1 Å². The van der Waals surface area contributed by atoms with Crippen molar-refractivity contribution < 1.29 is 4.79 Å². The second-order valence-corrected chi connectivity index (χ2v) is 7.48. The van der Waals surface area contributed by atoms with E-state index in [0.717, 1.165) is 70.0 Å². The van der Waals surface area contributed by atoms with Crippen LogP contribution in [-0.4, -0.2) is 59.0 Å². The largest absolute Gasteiger partial charge is 0.368 e. The standard InChI is InChI=1S/C18H28N6O/c19-17(25)18(24-8-2-1-3-9-24)5-10-23(11-6-18)16-14-4-7-20-12-15(14)21-13-22-16/h13,20H,1-12H2,(H2,19,25). The molecule has 1 amide bonds. The lowest BCUT2D eigenvalue weighted by atomic mass is 9.83. The van der Waals surface area contributed by atoms with E-state index in [0.29, 0.717) is 0 Å². The second kappa shape index (κ2) is 6.88. The molecule has 0 spiro atoms. The molecule has 1 aromatic heterocycles. The van der Waals surface area contributed by atoms with E-state index in [4.69, 9.17) is 5.73 Å². The minimum Gasteiger partial charge on any atom is -0.368 e. The third-order valence-electron chi connectivity index (χ3n) is 6.17. The van der Waals surface area contributed by atoms with Gasteiger partial charge in [0.05, 0.1) is 5.69 Å². The molecule has 1 aromatic rings. The molecule has 136 valence electrons. The van der Waals surface area contributed by atoms with Crippen molar-refractivity contribution in [2.24, 2.45) is 5.73 Å². The second-order valence-electron chi connectivity index (χ2n) is 7.48. The number of fused-ring (bicyclic) bond motifs is 1. The molecule has 0 atom stereocenters. The summed E-state index contributed by atoms with van der Waals surface area (Å²) in [5, 5.41) is 3.37. The fourth-order valence-electron chi connectivity index (χ4n) is 4.67. The first-order valence-electron chi connectivity index (χ1n) is 9.54. The number of nitrogens with zero attached hydrogens (tertiary/aromatic N) is 4. The first-order chi connectivity index (χ1) is 12.2. The van der Waals surface area contributed by atoms with Crippen molar-refractivity contribution in [2.45, 2.75) is 50.6 Å². The third-order valence-corrected chi connectivity index (χ3v) is 6.17. The van der Waals surface area contributed by atoms with E-state index < -0.39 is 5.54 Å². The quantitative estimate of drug-likeness (QED) is 0.827. The van der Waals surface area contributed by atoms with Crippen molar-refractivity contribution in [1.82, 2.24) is 20.2 Å². The summed E-state index contributed by atoms with van der Waals surface area (Å²) in [6.07, 6.45) is 7.82. The van der Waals surface area contributed by atoms with Crippen LogP contribution in [0.1, 0.15) is 43.4 Å². The van der Waals surface area contributed by atoms with Gasteiger partial charge in [0.25, 0.3) is 0 Å². The normalized spacial score (nSPS) is 23.9. The SMILES string of the molecule is NC(=O)C1(N2CCCCC2)CCN(c2ncnc3c2CCNC3)CC1. The zero-order valence-corrected chi connectivity index (χ0v) is 14.8. The maximum atomic E-state index is 12.4. The average molecular weight is 344 g/mol. The van der Waals surface area contributed by atoms with Gasteiger partial charge >= 0.3 is 0 Å². The van der Waals surface area contributed by atoms with Gasteiger partial charge < -0.3 is 16.0 Å². The molecular formula is C18H28N6O. The van der Waals surface area contributed by atoms with Crippen LogP contribution in [0.4, 0.5) is 5.82 Å². The number of anilines is 1. The minimum atomic E-state index is -0.467. The number of likely N-dealkylation sites (tertiary alicyclic amines) is 1. The van der Waals surface area contributed by atoms with Crippen LogP contribution in [-0.2, 0) is 17.8 Å². The highest BCUT2D eigenvalue weighted by molar-refractivity contribution is 5.85. The molecule has 0 aliphatic carbocycles. The molecule has 2 saturated heterocycles. The Balaban J connectivity index is 1.53. The number of aromatic nitrogens is 2. The molecular weight excluding hydrogens is 316 g/mol. The number of hydrogen-bond acceptors (Lipinski definition) is 6. The van der Waals surface area contributed by atoms with Crippen LogP contribution in [0.15, 0.2) is 6.33 Å². The first kappa shape index (κ1) is 16.7. The fourth-order valence-corrected chi connectivity index (χ4v) is 4.67. The molecule has 25 heavy (non-hydrogen) atoms. The molecule has 0 radical (unpaired) electrons. The highest BCUT2D eigenvalue weighted by Crippen LogP contribution is 2.34. The third kappa shape index (κ3) is 3.00. The summed E-state index contributed by atoms with van der Waals surface area (Å²) < 4.78 is 0. The van der Waals surface area contributed by atoms with Crippen molar-refractivity contribution in [2.75, 3.05) is 37.6 Å². The van der Waals surface area contributed by atoms with Gasteiger partial charge in [0.1, 0.15) is 17.7 Å².